The average Bonchev–Trinajstić information content (AvgIpc) is 4.16. The van der Waals surface area contributed by atoms with Crippen molar-refractivity contribution >= 4 is 108 Å². The highest BCUT2D eigenvalue weighted by atomic mass is 32.1. The molecule has 0 unspecified atom stereocenters. The second kappa shape index (κ2) is 14.3. The van der Waals surface area contributed by atoms with E-state index in [0.29, 0.717) is 17.5 Å². The minimum Gasteiger partial charge on any atom is -0.456 e. The normalized spacial score (nSPS) is 12.1. The lowest BCUT2D eigenvalue weighted by molar-refractivity contribution is 0.668. The third-order valence-corrected chi connectivity index (χ3v) is 14.8. The SMILES string of the molecule is c1ccc2cc3c(cc2c1)c1ccccc1n3-c1ccc(-c2nc(-c3cccc4oc5ccccc5c34)nc(-c3cccc4oc5ccccc5c34)n2)cc1-c1cccc2sc3ccccc3c12. The van der Waals surface area contributed by atoms with Gasteiger partial charge in [-0.05, 0) is 89.1 Å². The van der Waals surface area contributed by atoms with Crippen LogP contribution in [0, 0.1) is 0 Å². The van der Waals surface area contributed by atoms with Gasteiger partial charge >= 0.3 is 0 Å². The molecule has 0 saturated heterocycles. The summed E-state index contributed by atoms with van der Waals surface area (Å²) >= 11 is 1.83. The topological polar surface area (TPSA) is 69.9 Å². The number of para-hydroxylation sites is 3. The molecule has 0 aliphatic carbocycles. The van der Waals surface area contributed by atoms with E-state index in [4.69, 9.17) is 23.8 Å². The quantitative estimate of drug-likeness (QED) is 0.172. The second-order valence-corrected chi connectivity index (χ2v) is 18.5. The summed E-state index contributed by atoms with van der Waals surface area (Å²) in [6.07, 6.45) is 0. The Labute approximate surface area is 391 Å². The fraction of sp³-hybridized carbons (Fsp3) is 0. The first-order valence-corrected chi connectivity index (χ1v) is 23.6. The van der Waals surface area contributed by atoms with Gasteiger partial charge in [-0.15, -0.1) is 11.3 Å². The van der Waals surface area contributed by atoms with Crippen LogP contribution in [0.1, 0.15) is 0 Å². The first kappa shape index (κ1) is 37.3. The maximum absolute atomic E-state index is 6.41. The van der Waals surface area contributed by atoms with Gasteiger partial charge in [0.25, 0.3) is 0 Å². The van der Waals surface area contributed by atoms with Crippen LogP contribution in [-0.4, -0.2) is 19.5 Å². The van der Waals surface area contributed by atoms with Gasteiger partial charge in [0.05, 0.1) is 16.7 Å². The minimum atomic E-state index is 0.554. The van der Waals surface area contributed by atoms with Crippen LogP contribution in [0.4, 0.5) is 0 Å². The van der Waals surface area contributed by atoms with Gasteiger partial charge in [0.15, 0.2) is 17.5 Å². The molecule has 5 aromatic heterocycles. The van der Waals surface area contributed by atoms with Crippen LogP contribution in [0.3, 0.4) is 0 Å². The molecular weight excluding hydrogens is 853 g/mol. The summed E-state index contributed by atoms with van der Waals surface area (Å²) in [5.74, 6) is 1.67. The first-order valence-electron chi connectivity index (χ1n) is 22.7. The molecule has 10 aromatic carbocycles. The van der Waals surface area contributed by atoms with Gasteiger partial charge in [-0.1, -0.05) is 133 Å². The molecule has 7 heteroatoms. The van der Waals surface area contributed by atoms with Crippen LogP contribution in [0.2, 0.25) is 0 Å². The van der Waals surface area contributed by atoms with Gasteiger partial charge in [-0.25, -0.2) is 15.0 Å². The summed E-state index contributed by atoms with van der Waals surface area (Å²) in [5.41, 5.74) is 11.3. The molecule has 6 nitrogen and oxygen atoms in total. The standard InChI is InChI=1S/C61H34N4O2S/c1-2-15-36-34-49-45(32-35(36)14-1)38-16-3-7-23-47(38)65(49)48-31-30-37(33-46(48)39-20-13-29-55-58(39)42-19-6-10-28-54(42)68-55)59-62-60(43-21-11-26-52-56(43)40-17-4-8-24-50(40)66-52)64-61(63-59)44-22-12-27-53-57(44)41-18-5-9-25-51(41)67-53/h1-34H. The predicted octanol–water partition coefficient (Wildman–Crippen LogP) is 17.0. The smallest absolute Gasteiger partial charge is 0.164 e. The van der Waals surface area contributed by atoms with E-state index in [1.807, 2.05) is 72.0 Å². The zero-order valence-electron chi connectivity index (χ0n) is 36.1. The second-order valence-electron chi connectivity index (χ2n) is 17.4. The minimum absolute atomic E-state index is 0.554. The lowest BCUT2D eigenvalue weighted by atomic mass is 9.95. The number of thiophene rings is 1. The Morgan fingerprint density at radius 1 is 0.338 bits per heavy atom. The van der Waals surface area contributed by atoms with Crippen molar-refractivity contribution in [1.82, 2.24) is 19.5 Å². The van der Waals surface area contributed by atoms with Crippen molar-refractivity contribution in [2.75, 3.05) is 0 Å². The molecule has 0 spiro atoms. The van der Waals surface area contributed by atoms with E-state index < -0.39 is 0 Å². The molecule has 0 saturated carbocycles. The van der Waals surface area contributed by atoms with Crippen LogP contribution in [0.5, 0.6) is 0 Å². The van der Waals surface area contributed by atoms with Crippen molar-refractivity contribution in [1.29, 1.82) is 0 Å². The van der Waals surface area contributed by atoms with Gasteiger partial charge < -0.3 is 13.4 Å². The van der Waals surface area contributed by atoms with E-state index in [1.165, 1.54) is 41.7 Å². The number of nitrogens with zero attached hydrogens (tertiary/aromatic N) is 4. The van der Waals surface area contributed by atoms with Gasteiger partial charge in [-0.2, -0.15) is 0 Å². The molecule has 0 radical (unpaired) electrons. The van der Waals surface area contributed by atoms with Gasteiger partial charge in [-0.3, -0.25) is 0 Å². The zero-order valence-corrected chi connectivity index (χ0v) is 37.0. The predicted molar refractivity (Wildman–Crippen MR) is 281 cm³/mol. The lowest BCUT2D eigenvalue weighted by Gasteiger charge is -2.17. The molecule has 15 rings (SSSR count). The number of aromatic nitrogens is 4. The average molecular weight is 887 g/mol. The number of fused-ring (bicyclic) bond motifs is 13. The van der Waals surface area contributed by atoms with E-state index in [0.717, 1.165) is 88.4 Å². The highest BCUT2D eigenvalue weighted by Crippen LogP contribution is 2.46. The number of hydrogen-bond acceptors (Lipinski definition) is 6. The molecular formula is C61H34N4O2S. The van der Waals surface area contributed by atoms with Crippen molar-refractivity contribution in [3.8, 4) is 51.0 Å². The molecule has 316 valence electrons. The number of benzene rings is 10. The maximum atomic E-state index is 6.41. The Morgan fingerprint density at radius 2 is 0.882 bits per heavy atom. The monoisotopic (exact) mass is 886 g/mol. The molecule has 5 heterocycles. The van der Waals surface area contributed by atoms with E-state index in [-0.39, 0.29) is 0 Å². The van der Waals surface area contributed by atoms with Gasteiger partial charge in [0.2, 0.25) is 0 Å². The van der Waals surface area contributed by atoms with Crippen LogP contribution >= 0.6 is 11.3 Å². The summed E-state index contributed by atoms with van der Waals surface area (Å²) in [6.45, 7) is 0. The summed E-state index contributed by atoms with van der Waals surface area (Å²) < 4.78 is 17.8. The third-order valence-electron chi connectivity index (χ3n) is 13.7. The van der Waals surface area contributed by atoms with Crippen LogP contribution in [0.25, 0.3) is 148 Å². The molecule has 0 amide bonds. The summed E-state index contributed by atoms with van der Waals surface area (Å²) in [6, 6.07) is 72.8. The molecule has 0 bridgehead atoms. The van der Waals surface area contributed by atoms with Gasteiger partial charge in [0.1, 0.15) is 22.3 Å². The molecule has 68 heavy (non-hydrogen) atoms. The van der Waals surface area contributed by atoms with E-state index in [9.17, 15) is 0 Å². The van der Waals surface area contributed by atoms with Crippen molar-refractivity contribution in [3.05, 3.63) is 206 Å². The molecule has 0 atom stereocenters. The Kier molecular flexibility index (Phi) is 7.85. The molecule has 0 N–H and O–H groups in total. The summed E-state index contributed by atoms with van der Waals surface area (Å²) in [7, 11) is 0. The Balaban J connectivity index is 1.05. The van der Waals surface area contributed by atoms with Gasteiger partial charge in [0, 0.05) is 74.7 Å². The van der Waals surface area contributed by atoms with Crippen LogP contribution < -0.4 is 0 Å². The molecule has 0 aliphatic heterocycles. The summed E-state index contributed by atoms with van der Waals surface area (Å²) in [4.78, 5) is 16.2. The van der Waals surface area contributed by atoms with Crippen molar-refractivity contribution < 1.29 is 8.83 Å². The van der Waals surface area contributed by atoms with E-state index in [2.05, 4.69) is 150 Å². The Bertz CT molecular complexity index is 4460. The maximum Gasteiger partial charge on any atom is 0.164 e. The van der Waals surface area contributed by atoms with E-state index >= 15 is 0 Å². The van der Waals surface area contributed by atoms with Crippen LogP contribution in [0.15, 0.2) is 215 Å². The van der Waals surface area contributed by atoms with Crippen molar-refractivity contribution in [2.45, 2.75) is 0 Å². The fourth-order valence-electron chi connectivity index (χ4n) is 10.7. The largest absolute Gasteiger partial charge is 0.456 e. The highest BCUT2D eigenvalue weighted by Gasteiger charge is 2.24. The highest BCUT2D eigenvalue weighted by molar-refractivity contribution is 7.25. The zero-order chi connectivity index (χ0) is 44.5. The molecule has 15 aromatic rings. The lowest BCUT2D eigenvalue weighted by Crippen LogP contribution is -2.02. The molecule has 0 aliphatic rings. The van der Waals surface area contributed by atoms with Crippen LogP contribution in [-0.2, 0) is 0 Å². The third kappa shape index (κ3) is 5.48. The van der Waals surface area contributed by atoms with Crippen molar-refractivity contribution in [2.24, 2.45) is 0 Å². The number of rotatable bonds is 5. The number of hydrogen-bond donors (Lipinski definition) is 0. The Morgan fingerprint density at radius 3 is 1.60 bits per heavy atom. The van der Waals surface area contributed by atoms with Crippen molar-refractivity contribution in [3.63, 3.8) is 0 Å². The summed E-state index contributed by atoms with van der Waals surface area (Å²) in [5, 5.41) is 11.2. The fourth-order valence-corrected chi connectivity index (χ4v) is 11.8. The first-order chi connectivity index (χ1) is 33.7. The van der Waals surface area contributed by atoms with E-state index in [1.54, 1.807) is 0 Å². The Hall–Kier alpha value is -8.91. The number of furan rings is 2. The molecule has 0 fully saturated rings.